The molecule has 176 valence electrons. The van der Waals surface area contributed by atoms with E-state index in [1.165, 1.54) is 35.7 Å². The molecule has 1 N–H and O–H groups in total. The second-order valence-electron chi connectivity index (χ2n) is 7.46. The number of nitrogens with one attached hydrogen (secondary N) is 1. The zero-order valence-corrected chi connectivity index (χ0v) is 19.1. The number of amides is 1. The summed E-state index contributed by atoms with van der Waals surface area (Å²) in [6.45, 7) is 2.45. The van der Waals surface area contributed by atoms with Crippen LogP contribution in [0.25, 0.3) is 6.08 Å². The van der Waals surface area contributed by atoms with E-state index in [9.17, 15) is 13.2 Å². The second kappa shape index (κ2) is 10.2. The van der Waals surface area contributed by atoms with E-state index in [0.717, 1.165) is 12.0 Å². The Bertz CT molecular complexity index is 1140. The van der Waals surface area contributed by atoms with E-state index >= 15 is 0 Å². The van der Waals surface area contributed by atoms with Crippen molar-refractivity contribution >= 4 is 27.7 Å². The Morgan fingerprint density at radius 1 is 1.03 bits per heavy atom. The summed E-state index contributed by atoms with van der Waals surface area (Å²) in [7, 11) is -2.26. The smallest absolute Gasteiger partial charge is 0.248 e. The Morgan fingerprint density at radius 3 is 2.55 bits per heavy atom. The highest BCUT2D eigenvalue weighted by molar-refractivity contribution is 7.89. The number of benzene rings is 2. The molecule has 2 aliphatic heterocycles. The molecule has 9 nitrogen and oxygen atoms in total. The van der Waals surface area contributed by atoms with E-state index < -0.39 is 15.9 Å². The molecule has 33 heavy (non-hydrogen) atoms. The van der Waals surface area contributed by atoms with Gasteiger partial charge in [0.15, 0.2) is 11.5 Å². The standard InChI is InChI=1S/C23H26N2O7S/c1-29-20-7-5-18(33(27,28)25-9-13-30-14-10-25)16-19(20)24-23(26)8-4-17-3-6-21-22(15-17)32-12-2-11-31-21/h3-8,15-16H,2,9-14H2,1H3,(H,24,26). The Morgan fingerprint density at radius 2 is 1.79 bits per heavy atom. The van der Waals surface area contributed by atoms with Gasteiger partial charge in [-0.1, -0.05) is 6.07 Å². The van der Waals surface area contributed by atoms with Gasteiger partial charge in [-0.25, -0.2) is 8.42 Å². The first-order chi connectivity index (χ1) is 16.0. The molecule has 10 heteroatoms. The van der Waals surface area contributed by atoms with Crippen molar-refractivity contribution in [2.45, 2.75) is 11.3 Å². The van der Waals surface area contributed by atoms with Crippen molar-refractivity contribution < 1.29 is 32.2 Å². The van der Waals surface area contributed by atoms with Gasteiger partial charge in [0.25, 0.3) is 0 Å². The molecule has 0 saturated carbocycles. The lowest BCUT2D eigenvalue weighted by molar-refractivity contribution is -0.111. The van der Waals surface area contributed by atoms with Crippen molar-refractivity contribution in [3.05, 3.63) is 48.0 Å². The van der Waals surface area contributed by atoms with Crippen LogP contribution < -0.4 is 19.5 Å². The number of rotatable bonds is 6. The van der Waals surface area contributed by atoms with Crippen LogP contribution in [0.1, 0.15) is 12.0 Å². The van der Waals surface area contributed by atoms with Gasteiger partial charge in [-0.15, -0.1) is 0 Å². The van der Waals surface area contributed by atoms with E-state index in [2.05, 4.69) is 5.32 Å². The summed E-state index contributed by atoms with van der Waals surface area (Å²) in [5, 5.41) is 2.71. The van der Waals surface area contributed by atoms with Crippen LogP contribution in [-0.4, -0.2) is 65.3 Å². The maximum Gasteiger partial charge on any atom is 0.248 e. The van der Waals surface area contributed by atoms with Crippen LogP contribution >= 0.6 is 0 Å². The molecule has 0 spiro atoms. The van der Waals surface area contributed by atoms with Crippen LogP contribution in [0.2, 0.25) is 0 Å². The molecule has 2 aromatic rings. The highest BCUT2D eigenvalue weighted by Gasteiger charge is 2.27. The number of hydrogen-bond donors (Lipinski definition) is 1. The summed E-state index contributed by atoms with van der Waals surface area (Å²) in [4.78, 5) is 12.7. The lowest BCUT2D eigenvalue weighted by atomic mass is 10.2. The Labute approximate surface area is 192 Å². The first-order valence-electron chi connectivity index (χ1n) is 10.6. The highest BCUT2D eigenvalue weighted by Crippen LogP contribution is 2.31. The maximum absolute atomic E-state index is 13.0. The van der Waals surface area contributed by atoms with Crippen molar-refractivity contribution in [3.8, 4) is 17.2 Å². The van der Waals surface area contributed by atoms with E-state index in [1.54, 1.807) is 18.2 Å². The number of fused-ring (bicyclic) bond motifs is 1. The molecule has 2 aromatic carbocycles. The molecule has 2 aliphatic rings. The van der Waals surface area contributed by atoms with Crippen LogP contribution in [-0.2, 0) is 19.6 Å². The minimum absolute atomic E-state index is 0.0763. The molecule has 1 fully saturated rings. The summed E-state index contributed by atoms with van der Waals surface area (Å²) >= 11 is 0. The van der Waals surface area contributed by atoms with Gasteiger partial charge in [-0.05, 0) is 42.0 Å². The van der Waals surface area contributed by atoms with Crippen molar-refractivity contribution in [2.75, 3.05) is 51.9 Å². The van der Waals surface area contributed by atoms with Gasteiger partial charge in [0.1, 0.15) is 5.75 Å². The number of carbonyl (C=O) groups is 1. The molecule has 1 amide bonds. The number of methoxy groups -OCH3 is 1. The summed E-state index contributed by atoms with van der Waals surface area (Å²) < 4.78 is 49.1. The number of hydrogen-bond acceptors (Lipinski definition) is 7. The fourth-order valence-corrected chi connectivity index (χ4v) is 4.95. The third-order valence-electron chi connectivity index (χ3n) is 5.24. The maximum atomic E-state index is 13.0. The average Bonchev–Trinajstić information content (AvgIpc) is 3.08. The number of carbonyl (C=O) groups excluding carboxylic acids is 1. The van der Waals surface area contributed by atoms with Crippen molar-refractivity contribution in [2.24, 2.45) is 0 Å². The van der Waals surface area contributed by atoms with Gasteiger partial charge >= 0.3 is 0 Å². The van der Waals surface area contributed by atoms with Crippen molar-refractivity contribution in [1.82, 2.24) is 4.31 Å². The van der Waals surface area contributed by atoms with Crippen molar-refractivity contribution in [3.63, 3.8) is 0 Å². The topological polar surface area (TPSA) is 103 Å². The van der Waals surface area contributed by atoms with E-state index in [-0.39, 0.29) is 23.7 Å². The van der Waals surface area contributed by atoms with Gasteiger partial charge in [0.2, 0.25) is 15.9 Å². The SMILES string of the molecule is COc1ccc(S(=O)(=O)N2CCOCC2)cc1NC(=O)C=Cc1ccc2c(c1)OCCCO2. The molecule has 0 bridgehead atoms. The zero-order valence-electron chi connectivity index (χ0n) is 18.3. The molecule has 0 radical (unpaired) electrons. The molecular formula is C23H26N2O7S. The molecule has 0 aromatic heterocycles. The van der Waals surface area contributed by atoms with Crippen LogP contribution in [0.5, 0.6) is 17.2 Å². The molecule has 4 rings (SSSR count). The number of nitrogens with zero attached hydrogens (tertiary/aromatic N) is 1. The predicted octanol–water partition coefficient (Wildman–Crippen LogP) is 2.53. The molecule has 0 aliphatic carbocycles. The highest BCUT2D eigenvalue weighted by atomic mass is 32.2. The molecule has 0 atom stereocenters. The third kappa shape index (κ3) is 5.47. The van der Waals surface area contributed by atoms with E-state index in [1.807, 2.05) is 6.07 Å². The lowest BCUT2D eigenvalue weighted by Gasteiger charge is -2.26. The Balaban J connectivity index is 1.50. The van der Waals surface area contributed by atoms with E-state index in [0.29, 0.717) is 43.7 Å². The van der Waals surface area contributed by atoms with E-state index in [4.69, 9.17) is 18.9 Å². The zero-order chi connectivity index (χ0) is 23.3. The summed E-state index contributed by atoms with van der Waals surface area (Å²) in [6.07, 6.45) is 3.82. The number of ether oxygens (including phenoxy) is 4. The second-order valence-corrected chi connectivity index (χ2v) is 9.40. The van der Waals surface area contributed by atoms with Gasteiger partial charge < -0.3 is 24.3 Å². The Hall–Kier alpha value is -3.08. The van der Waals surface area contributed by atoms with Gasteiger partial charge in [-0.2, -0.15) is 4.31 Å². The minimum Gasteiger partial charge on any atom is -0.495 e. The Kier molecular flexibility index (Phi) is 7.17. The van der Waals surface area contributed by atoms with Crippen LogP contribution in [0.15, 0.2) is 47.4 Å². The first-order valence-corrected chi connectivity index (χ1v) is 12.1. The normalized spacial score (nSPS) is 16.9. The van der Waals surface area contributed by atoms with Gasteiger partial charge in [0, 0.05) is 25.6 Å². The average molecular weight is 475 g/mol. The fourth-order valence-electron chi connectivity index (χ4n) is 3.51. The lowest BCUT2D eigenvalue weighted by Crippen LogP contribution is -2.40. The molecule has 0 unspecified atom stereocenters. The summed E-state index contributed by atoms with van der Waals surface area (Å²) in [5.41, 5.74) is 1.03. The summed E-state index contributed by atoms with van der Waals surface area (Å²) in [6, 6.07) is 9.83. The predicted molar refractivity (Wildman–Crippen MR) is 122 cm³/mol. The minimum atomic E-state index is -3.71. The molecular weight excluding hydrogens is 448 g/mol. The third-order valence-corrected chi connectivity index (χ3v) is 7.13. The number of sulfonamides is 1. The largest absolute Gasteiger partial charge is 0.495 e. The fraction of sp³-hybridized carbons (Fsp3) is 0.348. The monoisotopic (exact) mass is 474 g/mol. The summed E-state index contributed by atoms with van der Waals surface area (Å²) in [5.74, 6) is 1.24. The molecule has 2 heterocycles. The van der Waals surface area contributed by atoms with Crippen LogP contribution in [0.3, 0.4) is 0 Å². The van der Waals surface area contributed by atoms with Gasteiger partial charge in [0.05, 0.1) is 44.1 Å². The van der Waals surface area contributed by atoms with Gasteiger partial charge in [-0.3, -0.25) is 4.79 Å². The van der Waals surface area contributed by atoms with Crippen molar-refractivity contribution in [1.29, 1.82) is 0 Å². The quantitative estimate of drug-likeness (QED) is 0.642. The van der Waals surface area contributed by atoms with Crippen LogP contribution in [0.4, 0.5) is 5.69 Å². The number of anilines is 1. The van der Waals surface area contributed by atoms with Crippen LogP contribution in [0, 0.1) is 0 Å². The molecule has 1 saturated heterocycles. The number of morpholine rings is 1. The first kappa shape index (κ1) is 23.1.